The summed E-state index contributed by atoms with van der Waals surface area (Å²) >= 11 is 0. The molecule has 1 heterocycles. The molecule has 3 rings (SSSR count). The molecule has 4 heteroatoms. The van der Waals surface area contributed by atoms with Gasteiger partial charge in [-0.05, 0) is 24.1 Å². The zero-order valence-electron chi connectivity index (χ0n) is 14.0. The van der Waals surface area contributed by atoms with Crippen LogP contribution >= 0.6 is 0 Å². The van der Waals surface area contributed by atoms with E-state index in [1.807, 2.05) is 0 Å². The van der Waals surface area contributed by atoms with Crippen LogP contribution in [0.15, 0.2) is 54.6 Å². The maximum Gasteiger partial charge on any atom is 0.165 e. The summed E-state index contributed by atoms with van der Waals surface area (Å²) in [5.41, 5.74) is 1.38. The van der Waals surface area contributed by atoms with Crippen LogP contribution in [0, 0.1) is 5.82 Å². The maximum absolute atomic E-state index is 13.5. The number of ether oxygens (including phenoxy) is 1. The number of halogens is 1. The van der Waals surface area contributed by atoms with Gasteiger partial charge in [-0.3, -0.25) is 4.90 Å². The van der Waals surface area contributed by atoms with E-state index in [2.05, 4.69) is 40.1 Å². The number of para-hydroxylation sites is 1. The van der Waals surface area contributed by atoms with Gasteiger partial charge in [-0.2, -0.15) is 0 Å². The van der Waals surface area contributed by atoms with Crippen LogP contribution in [-0.4, -0.2) is 49.1 Å². The number of rotatable bonds is 7. The molecule has 0 bridgehead atoms. The van der Waals surface area contributed by atoms with Crippen LogP contribution in [0.3, 0.4) is 0 Å². The quantitative estimate of drug-likeness (QED) is 0.725. The Morgan fingerprint density at radius 3 is 2.25 bits per heavy atom. The van der Waals surface area contributed by atoms with Crippen LogP contribution in [0.25, 0.3) is 0 Å². The van der Waals surface area contributed by atoms with Gasteiger partial charge >= 0.3 is 0 Å². The summed E-state index contributed by atoms with van der Waals surface area (Å²) in [5, 5.41) is 0. The molecule has 1 saturated heterocycles. The Kier molecular flexibility index (Phi) is 6.21. The molecule has 1 aliphatic rings. The number of hydrogen-bond acceptors (Lipinski definition) is 3. The van der Waals surface area contributed by atoms with Gasteiger partial charge in [0.15, 0.2) is 11.6 Å². The van der Waals surface area contributed by atoms with Gasteiger partial charge < -0.3 is 9.64 Å². The number of piperazine rings is 1. The van der Waals surface area contributed by atoms with Crippen molar-refractivity contribution in [3.63, 3.8) is 0 Å². The van der Waals surface area contributed by atoms with Crippen LogP contribution in [0.4, 0.5) is 4.39 Å². The molecule has 0 aliphatic carbocycles. The topological polar surface area (TPSA) is 15.7 Å². The van der Waals surface area contributed by atoms with Crippen molar-refractivity contribution in [1.29, 1.82) is 0 Å². The van der Waals surface area contributed by atoms with E-state index in [4.69, 9.17) is 4.74 Å². The lowest BCUT2D eigenvalue weighted by atomic mass is 10.2. The summed E-state index contributed by atoms with van der Waals surface area (Å²) in [5.74, 6) is 0.0669. The normalized spacial score (nSPS) is 16.2. The minimum atomic E-state index is -0.285. The highest BCUT2D eigenvalue weighted by Gasteiger charge is 2.16. The summed E-state index contributed by atoms with van der Waals surface area (Å²) in [7, 11) is 0. The minimum Gasteiger partial charge on any atom is -0.490 e. The van der Waals surface area contributed by atoms with Gasteiger partial charge in [0.25, 0.3) is 0 Å². The number of nitrogens with zero attached hydrogens (tertiary/aromatic N) is 2. The number of benzene rings is 2. The molecule has 0 radical (unpaired) electrons. The van der Waals surface area contributed by atoms with E-state index in [9.17, 15) is 4.39 Å². The summed E-state index contributed by atoms with van der Waals surface area (Å²) in [6.45, 7) is 6.98. The van der Waals surface area contributed by atoms with Crippen molar-refractivity contribution < 1.29 is 9.13 Å². The fourth-order valence-electron chi connectivity index (χ4n) is 3.04. The van der Waals surface area contributed by atoms with Gasteiger partial charge in [-0.1, -0.05) is 42.5 Å². The van der Waals surface area contributed by atoms with E-state index < -0.39 is 0 Å². The SMILES string of the molecule is Fc1ccccc1OCCCN1CCN(Cc2ccccc2)CC1. The summed E-state index contributed by atoms with van der Waals surface area (Å²) in [6, 6.07) is 17.2. The van der Waals surface area contributed by atoms with Gasteiger partial charge in [0.05, 0.1) is 6.61 Å². The van der Waals surface area contributed by atoms with E-state index in [0.717, 1.165) is 45.7 Å². The molecule has 0 N–H and O–H groups in total. The smallest absolute Gasteiger partial charge is 0.165 e. The summed E-state index contributed by atoms with van der Waals surface area (Å²) in [4.78, 5) is 4.97. The second-order valence-electron chi connectivity index (χ2n) is 6.24. The van der Waals surface area contributed by atoms with Crippen molar-refractivity contribution in [3.8, 4) is 5.75 Å². The Morgan fingerprint density at radius 1 is 0.833 bits per heavy atom. The molecule has 0 saturated carbocycles. The van der Waals surface area contributed by atoms with E-state index in [1.165, 1.54) is 11.6 Å². The molecule has 2 aromatic rings. The first-order chi connectivity index (χ1) is 11.8. The van der Waals surface area contributed by atoms with Crippen molar-refractivity contribution in [2.45, 2.75) is 13.0 Å². The Labute approximate surface area is 143 Å². The first kappa shape index (κ1) is 16.9. The molecule has 0 aromatic heterocycles. The van der Waals surface area contributed by atoms with Gasteiger partial charge in [-0.25, -0.2) is 4.39 Å². The molecule has 3 nitrogen and oxygen atoms in total. The van der Waals surface area contributed by atoms with Crippen LogP contribution in [-0.2, 0) is 6.54 Å². The van der Waals surface area contributed by atoms with E-state index in [0.29, 0.717) is 12.4 Å². The lowest BCUT2D eigenvalue weighted by Gasteiger charge is -2.34. The predicted octanol–water partition coefficient (Wildman–Crippen LogP) is 3.41. The van der Waals surface area contributed by atoms with Crippen LogP contribution in [0.5, 0.6) is 5.75 Å². The highest BCUT2D eigenvalue weighted by molar-refractivity contribution is 5.23. The molecule has 0 amide bonds. The third kappa shape index (κ3) is 5.05. The molecule has 1 aliphatic heterocycles. The fourth-order valence-corrected chi connectivity index (χ4v) is 3.04. The van der Waals surface area contributed by atoms with Crippen molar-refractivity contribution in [3.05, 3.63) is 66.0 Å². The molecular formula is C20H25FN2O. The highest BCUT2D eigenvalue weighted by atomic mass is 19.1. The Balaban J connectivity index is 1.32. The predicted molar refractivity (Wildman–Crippen MR) is 94.7 cm³/mol. The monoisotopic (exact) mass is 328 g/mol. The maximum atomic E-state index is 13.5. The largest absolute Gasteiger partial charge is 0.490 e. The van der Waals surface area contributed by atoms with Gasteiger partial charge in [0, 0.05) is 39.3 Å². The Morgan fingerprint density at radius 2 is 1.50 bits per heavy atom. The minimum absolute atomic E-state index is 0.285. The average Bonchev–Trinajstić information content (AvgIpc) is 2.62. The average molecular weight is 328 g/mol. The van der Waals surface area contributed by atoms with E-state index in [1.54, 1.807) is 18.2 Å². The molecule has 0 unspecified atom stereocenters. The second-order valence-corrected chi connectivity index (χ2v) is 6.24. The van der Waals surface area contributed by atoms with Crippen LogP contribution in [0.1, 0.15) is 12.0 Å². The van der Waals surface area contributed by atoms with E-state index >= 15 is 0 Å². The highest BCUT2D eigenvalue weighted by Crippen LogP contribution is 2.15. The molecular weight excluding hydrogens is 303 g/mol. The Bertz CT molecular complexity index is 612. The van der Waals surface area contributed by atoms with Crippen LogP contribution < -0.4 is 4.74 Å². The van der Waals surface area contributed by atoms with Gasteiger partial charge in [0.2, 0.25) is 0 Å². The molecule has 2 aromatic carbocycles. The summed E-state index contributed by atoms with van der Waals surface area (Å²) < 4.78 is 19.0. The van der Waals surface area contributed by atoms with Crippen molar-refractivity contribution in [2.24, 2.45) is 0 Å². The first-order valence-corrected chi connectivity index (χ1v) is 8.67. The Hall–Kier alpha value is -1.91. The second kappa shape index (κ2) is 8.81. The van der Waals surface area contributed by atoms with Gasteiger partial charge in [0.1, 0.15) is 0 Å². The molecule has 1 fully saturated rings. The molecule has 24 heavy (non-hydrogen) atoms. The van der Waals surface area contributed by atoms with Gasteiger partial charge in [-0.15, -0.1) is 0 Å². The number of hydrogen-bond donors (Lipinski definition) is 0. The van der Waals surface area contributed by atoms with E-state index in [-0.39, 0.29) is 5.82 Å². The standard InChI is InChI=1S/C20H25FN2O/c21-19-9-4-5-10-20(19)24-16-6-11-22-12-14-23(15-13-22)17-18-7-2-1-3-8-18/h1-5,7-10H,6,11-17H2. The molecule has 0 spiro atoms. The summed E-state index contributed by atoms with van der Waals surface area (Å²) in [6.07, 6.45) is 0.924. The zero-order valence-corrected chi connectivity index (χ0v) is 14.0. The third-order valence-corrected chi connectivity index (χ3v) is 4.43. The third-order valence-electron chi connectivity index (χ3n) is 4.43. The molecule has 0 atom stereocenters. The van der Waals surface area contributed by atoms with Crippen molar-refractivity contribution in [2.75, 3.05) is 39.3 Å². The lowest BCUT2D eigenvalue weighted by molar-refractivity contribution is 0.121. The van der Waals surface area contributed by atoms with Crippen LogP contribution in [0.2, 0.25) is 0 Å². The lowest BCUT2D eigenvalue weighted by Crippen LogP contribution is -2.46. The van der Waals surface area contributed by atoms with Crippen molar-refractivity contribution in [1.82, 2.24) is 9.80 Å². The zero-order chi connectivity index (χ0) is 16.6. The fraction of sp³-hybridized carbons (Fsp3) is 0.400. The van der Waals surface area contributed by atoms with Crippen molar-refractivity contribution >= 4 is 0 Å². The first-order valence-electron chi connectivity index (χ1n) is 8.67. The molecule has 128 valence electrons.